The van der Waals surface area contributed by atoms with Gasteiger partial charge in [0.1, 0.15) is 12.1 Å². The van der Waals surface area contributed by atoms with E-state index in [0.29, 0.717) is 11.2 Å². The smallest absolute Gasteiger partial charge is 0.278 e. The molecule has 1 aromatic carbocycles. The van der Waals surface area contributed by atoms with Gasteiger partial charge in [0, 0.05) is 16.5 Å². The largest absolute Gasteiger partial charge is 0.298 e. The van der Waals surface area contributed by atoms with Crippen LogP contribution in [0.15, 0.2) is 29.6 Å². The molecule has 0 aliphatic heterocycles. The lowest BCUT2D eigenvalue weighted by molar-refractivity contribution is -0.385. The van der Waals surface area contributed by atoms with Gasteiger partial charge in [-0.05, 0) is 17.5 Å². The molecule has 0 radical (unpaired) electrons. The van der Waals surface area contributed by atoms with E-state index >= 15 is 0 Å². The number of thiophene rings is 1. The van der Waals surface area contributed by atoms with Gasteiger partial charge in [-0.3, -0.25) is 14.9 Å². The summed E-state index contributed by atoms with van der Waals surface area (Å²) in [5, 5.41) is 31.1. The Morgan fingerprint density at radius 2 is 1.96 bits per heavy atom. The zero-order valence-corrected chi connectivity index (χ0v) is 12.9. The number of benzene rings is 1. The first-order valence-electron chi connectivity index (χ1n) is 6.05. The molecule has 2 aromatic rings. The van der Waals surface area contributed by atoms with Gasteiger partial charge in [0.05, 0.1) is 26.6 Å². The van der Waals surface area contributed by atoms with Crippen LogP contribution >= 0.6 is 22.9 Å². The summed E-state index contributed by atoms with van der Waals surface area (Å²) in [7, 11) is 0. The van der Waals surface area contributed by atoms with Gasteiger partial charge < -0.3 is 0 Å². The molecule has 0 saturated heterocycles. The molecule has 0 spiro atoms. The van der Waals surface area contributed by atoms with Crippen LogP contribution in [0.4, 0.5) is 5.69 Å². The Balaban J connectivity index is 2.82. The minimum atomic E-state index is -0.723. The number of nitrogens with zero attached hydrogens (tertiary/aromatic N) is 3. The Bertz CT molecular complexity index is 905. The average Bonchev–Trinajstić information content (AvgIpc) is 3.09. The lowest BCUT2D eigenvalue weighted by Crippen LogP contribution is -2.00. The van der Waals surface area contributed by atoms with Gasteiger partial charge >= 0.3 is 0 Å². The van der Waals surface area contributed by atoms with Gasteiger partial charge in [0.25, 0.3) is 5.69 Å². The predicted molar refractivity (Wildman–Crippen MR) is 85.6 cm³/mol. The topological polar surface area (TPSA) is 108 Å². The molecular formula is C15H6ClN3O3S. The first-order chi connectivity index (χ1) is 11.0. The molecule has 0 saturated carbocycles. The van der Waals surface area contributed by atoms with E-state index in [4.69, 9.17) is 22.1 Å². The predicted octanol–water partition coefficient (Wildman–Crippen LogP) is 3.71. The minimum Gasteiger partial charge on any atom is -0.298 e. The Morgan fingerprint density at radius 1 is 1.30 bits per heavy atom. The van der Waals surface area contributed by atoms with Crippen LogP contribution in [0.25, 0.3) is 10.6 Å². The van der Waals surface area contributed by atoms with Crippen LogP contribution < -0.4 is 0 Å². The van der Waals surface area contributed by atoms with E-state index in [9.17, 15) is 14.9 Å². The number of nitro benzene ring substituents is 1. The normalized spacial score (nSPS) is 11.1. The van der Waals surface area contributed by atoms with Crippen LogP contribution in [0.1, 0.15) is 21.6 Å². The molecule has 0 bridgehead atoms. The number of nitro groups is 1. The van der Waals surface area contributed by atoms with Crippen LogP contribution in [0.2, 0.25) is 0 Å². The zero-order valence-electron chi connectivity index (χ0n) is 11.3. The molecule has 0 N–H and O–H groups in total. The summed E-state index contributed by atoms with van der Waals surface area (Å²) in [6.45, 7) is 0. The Morgan fingerprint density at radius 3 is 2.43 bits per heavy atom. The summed E-state index contributed by atoms with van der Waals surface area (Å²) in [6, 6.07) is 8.99. The summed E-state index contributed by atoms with van der Waals surface area (Å²) in [4.78, 5) is 22.6. The summed E-state index contributed by atoms with van der Waals surface area (Å²) in [5.74, 6) is 0. The fraction of sp³-hybridized carbons (Fsp3) is 0. The number of carbonyl (C=O) groups excluding carboxylic acids is 1. The Labute approximate surface area is 139 Å². The van der Waals surface area contributed by atoms with E-state index < -0.39 is 10.6 Å². The summed E-state index contributed by atoms with van der Waals surface area (Å²) < 4.78 is 0. The highest BCUT2D eigenvalue weighted by Crippen LogP contribution is 2.36. The SMILES string of the molecule is N#Cc1cc(/C(C=O)=C(\Cl)c2cccs2)c([N+](=O)[O-])cc1C#N. The second-order valence-electron chi connectivity index (χ2n) is 4.22. The number of carbonyl (C=O) groups is 1. The molecular weight excluding hydrogens is 338 g/mol. The molecule has 0 amide bonds. The van der Waals surface area contributed by atoms with E-state index in [1.165, 1.54) is 11.3 Å². The second-order valence-corrected chi connectivity index (χ2v) is 5.54. The lowest BCUT2D eigenvalue weighted by atomic mass is 9.98. The average molecular weight is 344 g/mol. The molecule has 1 heterocycles. The summed E-state index contributed by atoms with van der Waals surface area (Å²) >= 11 is 7.45. The molecule has 112 valence electrons. The van der Waals surface area contributed by atoms with Crippen molar-refractivity contribution in [3.8, 4) is 12.1 Å². The monoisotopic (exact) mass is 343 g/mol. The van der Waals surface area contributed by atoms with Crippen LogP contribution in [0, 0.1) is 32.8 Å². The maximum Gasteiger partial charge on any atom is 0.278 e. The van der Waals surface area contributed by atoms with Crippen molar-refractivity contribution in [1.82, 2.24) is 0 Å². The van der Waals surface area contributed by atoms with Gasteiger partial charge in [-0.25, -0.2) is 0 Å². The van der Waals surface area contributed by atoms with E-state index in [0.717, 1.165) is 12.1 Å². The van der Waals surface area contributed by atoms with Crippen LogP contribution in [0.5, 0.6) is 0 Å². The van der Waals surface area contributed by atoms with Crippen molar-refractivity contribution in [3.05, 3.63) is 61.3 Å². The number of allylic oxidation sites excluding steroid dienone is 1. The van der Waals surface area contributed by atoms with Crippen LogP contribution in [-0.2, 0) is 4.79 Å². The summed E-state index contributed by atoms with van der Waals surface area (Å²) in [5.41, 5.74) is -0.873. The third-order valence-corrected chi connectivity index (χ3v) is 4.36. The minimum absolute atomic E-state index is 0.0479. The quantitative estimate of drug-likeness (QED) is 0.364. The molecule has 0 atom stereocenters. The summed E-state index contributed by atoms with van der Waals surface area (Å²) in [6.07, 6.45) is 0.400. The third kappa shape index (κ3) is 3.11. The number of aldehydes is 1. The number of hydrogen-bond donors (Lipinski definition) is 0. The molecule has 0 fully saturated rings. The first-order valence-corrected chi connectivity index (χ1v) is 7.31. The van der Waals surface area contributed by atoms with Crippen LogP contribution in [-0.4, -0.2) is 11.2 Å². The highest BCUT2D eigenvalue weighted by atomic mass is 35.5. The molecule has 2 rings (SSSR count). The van der Waals surface area contributed by atoms with Gasteiger partial charge in [-0.1, -0.05) is 17.7 Å². The van der Waals surface area contributed by atoms with E-state index in [1.807, 2.05) is 0 Å². The van der Waals surface area contributed by atoms with Gasteiger partial charge in [0.2, 0.25) is 0 Å². The maximum absolute atomic E-state index is 11.5. The van der Waals surface area contributed by atoms with Crippen molar-refractivity contribution in [2.24, 2.45) is 0 Å². The Kier molecular flexibility index (Phi) is 4.87. The van der Waals surface area contributed by atoms with E-state index in [1.54, 1.807) is 29.7 Å². The van der Waals surface area contributed by atoms with Crippen molar-refractivity contribution in [1.29, 1.82) is 10.5 Å². The van der Waals surface area contributed by atoms with E-state index in [2.05, 4.69) is 0 Å². The standard InChI is InChI=1S/C15H6ClN3O3S/c16-15(14-2-1-3-23-14)12(8-20)11-4-9(6-17)10(7-18)5-13(11)19(21)22/h1-5,8H/b15-12-. The molecule has 8 heteroatoms. The highest BCUT2D eigenvalue weighted by molar-refractivity contribution is 7.12. The van der Waals surface area contributed by atoms with Gasteiger partial charge in [-0.15, -0.1) is 11.3 Å². The number of nitriles is 2. The molecule has 1 aromatic heterocycles. The highest BCUT2D eigenvalue weighted by Gasteiger charge is 2.23. The van der Waals surface area contributed by atoms with Gasteiger partial charge in [-0.2, -0.15) is 10.5 Å². The first kappa shape index (κ1) is 16.4. The number of halogens is 1. The van der Waals surface area contributed by atoms with Crippen molar-refractivity contribution in [2.45, 2.75) is 0 Å². The molecule has 0 aliphatic rings. The molecule has 23 heavy (non-hydrogen) atoms. The van der Waals surface area contributed by atoms with Crippen LogP contribution in [0.3, 0.4) is 0 Å². The Hall–Kier alpha value is -3.00. The second kappa shape index (κ2) is 6.84. The maximum atomic E-state index is 11.5. The zero-order chi connectivity index (χ0) is 17.0. The van der Waals surface area contributed by atoms with Crippen molar-refractivity contribution < 1.29 is 9.72 Å². The molecule has 0 unspecified atom stereocenters. The fourth-order valence-corrected chi connectivity index (χ4v) is 2.93. The van der Waals surface area contributed by atoms with Gasteiger partial charge in [0.15, 0.2) is 6.29 Å². The molecule has 6 nitrogen and oxygen atoms in total. The fourth-order valence-electron chi connectivity index (χ4n) is 1.91. The lowest BCUT2D eigenvalue weighted by Gasteiger charge is -2.07. The number of hydrogen-bond acceptors (Lipinski definition) is 6. The van der Waals surface area contributed by atoms with Crippen molar-refractivity contribution >= 4 is 45.5 Å². The van der Waals surface area contributed by atoms with Crippen molar-refractivity contribution in [2.75, 3.05) is 0 Å². The molecule has 0 aliphatic carbocycles. The number of rotatable bonds is 4. The van der Waals surface area contributed by atoms with Crippen molar-refractivity contribution in [3.63, 3.8) is 0 Å². The van der Waals surface area contributed by atoms with E-state index in [-0.39, 0.29) is 27.3 Å². The third-order valence-electron chi connectivity index (χ3n) is 2.96.